The van der Waals surface area contributed by atoms with Crippen LogP contribution in [0, 0.1) is 13.8 Å². The first kappa shape index (κ1) is 12.9. The summed E-state index contributed by atoms with van der Waals surface area (Å²) in [6, 6.07) is 7.20. The Balaban J connectivity index is 2.09. The SMILES string of the molecule is Cc1ccsc1Cn1c(C)nc2cc(C(=O)O)ccc21. The van der Waals surface area contributed by atoms with Crippen molar-refractivity contribution in [3.8, 4) is 0 Å². The number of nitrogens with zero attached hydrogens (tertiary/aromatic N) is 2. The van der Waals surface area contributed by atoms with Crippen LogP contribution in [0.15, 0.2) is 29.6 Å². The van der Waals surface area contributed by atoms with Crippen molar-refractivity contribution >= 4 is 28.3 Å². The molecule has 0 saturated carbocycles. The van der Waals surface area contributed by atoms with Gasteiger partial charge in [-0.1, -0.05) is 0 Å². The van der Waals surface area contributed by atoms with Crippen LogP contribution in [0.2, 0.25) is 0 Å². The molecule has 2 heterocycles. The molecule has 0 spiro atoms. The number of carboxylic acids is 1. The van der Waals surface area contributed by atoms with Gasteiger partial charge in [-0.05, 0) is 49.1 Å². The second kappa shape index (κ2) is 4.76. The molecule has 102 valence electrons. The summed E-state index contributed by atoms with van der Waals surface area (Å²) in [5, 5.41) is 11.1. The van der Waals surface area contributed by atoms with Crippen molar-refractivity contribution in [1.82, 2.24) is 9.55 Å². The second-order valence-electron chi connectivity index (χ2n) is 4.78. The van der Waals surface area contributed by atoms with Crippen LogP contribution in [0.5, 0.6) is 0 Å². The van der Waals surface area contributed by atoms with Crippen LogP contribution in [0.1, 0.15) is 26.6 Å². The normalized spacial score (nSPS) is 11.1. The Kier molecular flexibility index (Phi) is 3.06. The Morgan fingerprint density at radius 2 is 2.15 bits per heavy atom. The molecule has 1 N–H and O–H groups in total. The van der Waals surface area contributed by atoms with E-state index in [-0.39, 0.29) is 5.56 Å². The summed E-state index contributed by atoms with van der Waals surface area (Å²) in [5.74, 6) is -0.0245. The topological polar surface area (TPSA) is 55.1 Å². The Hall–Kier alpha value is -2.14. The van der Waals surface area contributed by atoms with Crippen molar-refractivity contribution in [3.05, 3.63) is 51.5 Å². The third-order valence-corrected chi connectivity index (χ3v) is 4.46. The summed E-state index contributed by atoms with van der Waals surface area (Å²) in [5.41, 5.74) is 3.25. The Morgan fingerprint density at radius 1 is 1.35 bits per heavy atom. The lowest BCUT2D eigenvalue weighted by atomic mass is 10.2. The zero-order chi connectivity index (χ0) is 14.3. The number of aromatic nitrogens is 2. The molecule has 5 heteroatoms. The number of benzene rings is 1. The fourth-order valence-electron chi connectivity index (χ4n) is 2.29. The summed E-state index contributed by atoms with van der Waals surface area (Å²) in [7, 11) is 0. The number of thiophene rings is 1. The molecule has 4 nitrogen and oxygen atoms in total. The minimum Gasteiger partial charge on any atom is -0.478 e. The molecule has 0 atom stereocenters. The van der Waals surface area contributed by atoms with E-state index in [4.69, 9.17) is 5.11 Å². The average Bonchev–Trinajstić information content (AvgIpc) is 2.94. The molecule has 3 aromatic rings. The molecule has 0 bridgehead atoms. The lowest BCUT2D eigenvalue weighted by Crippen LogP contribution is -2.01. The van der Waals surface area contributed by atoms with Crippen LogP contribution in [-0.4, -0.2) is 20.6 Å². The monoisotopic (exact) mass is 286 g/mol. The van der Waals surface area contributed by atoms with E-state index in [1.165, 1.54) is 10.4 Å². The highest BCUT2D eigenvalue weighted by Crippen LogP contribution is 2.23. The molecule has 0 aliphatic heterocycles. The number of fused-ring (bicyclic) bond motifs is 1. The molecule has 0 fully saturated rings. The van der Waals surface area contributed by atoms with Crippen molar-refractivity contribution in [2.24, 2.45) is 0 Å². The predicted octanol–water partition coefficient (Wildman–Crippen LogP) is 3.46. The number of hydrogen-bond donors (Lipinski definition) is 1. The predicted molar refractivity (Wildman–Crippen MR) is 79.6 cm³/mol. The van der Waals surface area contributed by atoms with Gasteiger partial charge in [-0.25, -0.2) is 9.78 Å². The molecule has 1 aromatic carbocycles. The number of aromatic carboxylic acids is 1. The van der Waals surface area contributed by atoms with Gasteiger partial charge in [0, 0.05) is 4.88 Å². The molecule has 0 unspecified atom stereocenters. The van der Waals surface area contributed by atoms with Crippen molar-refractivity contribution in [1.29, 1.82) is 0 Å². The summed E-state index contributed by atoms with van der Waals surface area (Å²) >= 11 is 1.73. The van der Waals surface area contributed by atoms with Crippen molar-refractivity contribution in [2.75, 3.05) is 0 Å². The molecule has 0 saturated heterocycles. The number of rotatable bonds is 3. The van der Waals surface area contributed by atoms with E-state index in [1.807, 2.05) is 13.0 Å². The van der Waals surface area contributed by atoms with E-state index in [0.29, 0.717) is 0 Å². The van der Waals surface area contributed by atoms with Gasteiger partial charge in [-0.15, -0.1) is 11.3 Å². The third kappa shape index (κ3) is 2.10. The van der Waals surface area contributed by atoms with Crippen LogP contribution in [0.25, 0.3) is 11.0 Å². The van der Waals surface area contributed by atoms with Crippen LogP contribution in [0.4, 0.5) is 0 Å². The molecular formula is C15H14N2O2S. The first-order valence-electron chi connectivity index (χ1n) is 6.29. The summed E-state index contributed by atoms with van der Waals surface area (Å²) in [4.78, 5) is 16.8. The molecular weight excluding hydrogens is 272 g/mol. The van der Waals surface area contributed by atoms with Crippen molar-refractivity contribution in [2.45, 2.75) is 20.4 Å². The lowest BCUT2D eigenvalue weighted by molar-refractivity contribution is 0.0697. The Bertz CT molecular complexity index is 801. The summed E-state index contributed by atoms with van der Waals surface area (Å²) < 4.78 is 2.12. The van der Waals surface area contributed by atoms with Gasteiger partial charge in [0.1, 0.15) is 5.82 Å². The molecule has 0 amide bonds. The second-order valence-corrected chi connectivity index (χ2v) is 5.78. The summed E-state index contributed by atoms with van der Waals surface area (Å²) in [6.07, 6.45) is 0. The van der Waals surface area contributed by atoms with Gasteiger partial charge in [0.2, 0.25) is 0 Å². The van der Waals surface area contributed by atoms with Gasteiger partial charge in [0.15, 0.2) is 0 Å². The van der Waals surface area contributed by atoms with Crippen molar-refractivity contribution < 1.29 is 9.90 Å². The van der Waals surface area contributed by atoms with Gasteiger partial charge in [0.05, 0.1) is 23.1 Å². The highest BCUT2D eigenvalue weighted by Gasteiger charge is 2.12. The number of imidazole rings is 1. The molecule has 0 aliphatic rings. The maximum Gasteiger partial charge on any atom is 0.335 e. The largest absolute Gasteiger partial charge is 0.478 e. The van der Waals surface area contributed by atoms with Crippen LogP contribution in [0.3, 0.4) is 0 Å². The molecule has 20 heavy (non-hydrogen) atoms. The quantitative estimate of drug-likeness (QED) is 0.802. The molecule has 2 aromatic heterocycles. The summed E-state index contributed by atoms with van der Waals surface area (Å²) in [6.45, 7) is 4.82. The van der Waals surface area contributed by atoms with E-state index in [9.17, 15) is 4.79 Å². The highest BCUT2D eigenvalue weighted by atomic mass is 32.1. The Labute approximate surface area is 120 Å². The van der Waals surface area contributed by atoms with Crippen LogP contribution in [-0.2, 0) is 6.54 Å². The van der Waals surface area contributed by atoms with E-state index >= 15 is 0 Å². The van der Waals surface area contributed by atoms with E-state index in [2.05, 4.69) is 27.9 Å². The number of hydrogen-bond acceptors (Lipinski definition) is 3. The van der Waals surface area contributed by atoms with Gasteiger partial charge in [-0.2, -0.15) is 0 Å². The zero-order valence-corrected chi connectivity index (χ0v) is 12.1. The fraction of sp³-hybridized carbons (Fsp3) is 0.200. The first-order chi connectivity index (χ1) is 9.56. The van der Waals surface area contributed by atoms with E-state index in [0.717, 1.165) is 23.4 Å². The van der Waals surface area contributed by atoms with Crippen LogP contribution < -0.4 is 0 Å². The van der Waals surface area contributed by atoms with E-state index < -0.39 is 5.97 Å². The Morgan fingerprint density at radius 3 is 2.80 bits per heavy atom. The maximum atomic E-state index is 11.0. The van der Waals surface area contributed by atoms with Gasteiger partial charge in [-0.3, -0.25) is 0 Å². The highest BCUT2D eigenvalue weighted by molar-refractivity contribution is 7.10. The minimum atomic E-state index is -0.923. The van der Waals surface area contributed by atoms with Crippen LogP contribution >= 0.6 is 11.3 Å². The van der Waals surface area contributed by atoms with Gasteiger partial charge < -0.3 is 9.67 Å². The number of carboxylic acid groups (broad SMARTS) is 1. The lowest BCUT2D eigenvalue weighted by Gasteiger charge is -2.06. The maximum absolute atomic E-state index is 11.0. The number of aryl methyl sites for hydroxylation is 2. The fourth-order valence-corrected chi connectivity index (χ4v) is 3.19. The standard InChI is InChI=1S/C15H14N2O2S/c1-9-5-6-20-14(9)8-17-10(2)16-12-7-11(15(18)19)3-4-13(12)17/h3-7H,8H2,1-2H3,(H,18,19). The van der Waals surface area contributed by atoms with Gasteiger partial charge in [0.25, 0.3) is 0 Å². The molecule has 3 rings (SSSR count). The first-order valence-corrected chi connectivity index (χ1v) is 7.17. The minimum absolute atomic E-state index is 0.273. The number of carbonyl (C=O) groups is 1. The average molecular weight is 286 g/mol. The van der Waals surface area contributed by atoms with Gasteiger partial charge >= 0.3 is 5.97 Å². The molecule has 0 radical (unpaired) electrons. The smallest absolute Gasteiger partial charge is 0.335 e. The van der Waals surface area contributed by atoms with E-state index in [1.54, 1.807) is 23.5 Å². The van der Waals surface area contributed by atoms with Crippen molar-refractivity contribution in [3.63, 3.8) is 0 Å². The third-order valence-electron chi connectivity index (χ3n) is 3.46. The molecule has 0 aliphatic carbocycles. The zero-order valence-electron chi connectivity index (χ0n) is 11.3.